The molecule has 0 bridgehead atoms. The molecule has 1 heterocycles. The zero-order valence-electron chi connectivity index (χ0n) is 11.4. The number of carbonyl (C=O) groups is 1. The Hall–Kier alpha value is -1.12. The molecule has 0 aliphatic heterocycles. The van der Waals surface area contributed by atoms with E-state index in [-0.39, 0.29) is 16.5 Å². The van der Waals surface area contributed by atoms with Crippen molar-refractivity contribution < 1.29 is 18.3 Å². The smallest absolute Gasteiger partial charge is 0.339 e. The van der Waals surface area contributed by atoms with Gasteiger partial charge in [0.1, 0.15) is 5.00 Å². The maximum Gasteiger partial charge on any atom is 0.339 e. The number of anilines is 1. The quantitative estimate of drug-likeness (QED) is 0.746. The van der Waals surface area contributed by atoms with Gasteiger partial charge in [-0.3, -0.25) is 4.72 Å². The van der Waals surface area contributed by atoms with E-state index in [0.29, 0.717) is 13.0 Å². The second-order valence-electron chi connectivity index (χ2n) is 5.21. The molecule has 1 aliphatic rings. The number of carboxylic acid groups (broad SMARTS) is 1. The average Bonchev–Trinajstić information content (AvgIpc) is 2.85. The van der Waals surface area contributed by atoms with E-state index in [9.17, 15) is 18.3 Å². The van der Waals surface area contributed by atoms with Crippen molar-refractivity contribution in [1.82, 2.24) is 4.72 Å². The molecule has 112 valence electrons. The van der Waals surface area contributed by atoms with Crippen LogP contribution in [0.4, 0.5) is 5.00 Å². The Labute approximate surface area is 122 Å². The third kappa shape index (κ3) is 3.31. The number of aromatic carboxylic acids is 1. The van der Waals surface area contributed by atoms with Crippen LogP contribution in [0.2, 0.25) is 0 Å². The van der Waals surface area contributed by atoms with E-state index < -0.39 is 16.2 Å². The van der Waals surface area contributed by atoms with Crippen LogP contribution in [0.5, 0.6) is 0 Å². The van der Waals surface area contributed by atoms with Gasteiger partial charge in [-0.2, -0.15) is 13.1 Å². The SMILES string of the molecule is CC(C)CNS(=O)(=O)Nc1sc2c(c1C(=O)O)CCC2. The Morgan fingerprint density at radius 2 is 2.10 bits per heavy atom. The maximum atomic E-state index is 11.9. The van der Waals surface area contributed by atoms with Gasteiger partial charge in [-0.05, 0) is 30.7 Å². The third-order valence-electron chi connectivity index (χ3n) is 3.04. The van der Waals surface area contributed by atoms with Crippen LogP contribution < -0.4 is 9.44 Å². The number of hydrogen-bond donors (Lipinski definition) is 3. The third-order valence-corrected chi connectivity index (χ3v) is 5.40. The number of aryl methyl sites for hydroxylation is 1. The lowest BCUT2D eigenvalue weighted by molar-refractivity contribution is 0.0697. The Morgan fingerprint density at radius 1 is 1.40 bits per heavy atom. The Bertz CT molecular complexity index is 620. The number of carboxylic acids is 1. The lowest BCUT2D eigenvalue weighted by Gasteiger charge is -2.10. The molecule has 0 fully saturated rings. The highest BCUT2D eigenvalue weighted by Gasteiger charge is 2.28. The molecule has 8 heteroatoms. The van der Waals surface area contributed by atoms with Crippen LogP contribution >= 0.6 is 11.3 Å². The van der Waals surface area contributed by atoms with Crippen molar-refractivity contribution in [3.05, 3.63) is 16.0 Å². The van der Waals surface area contributed by atoms with Gasteiger partial charge in [-0.15, -0.1) is 11.3 Å². The van der Waals surface area contributed by atoms with Crippen molar-refractivity contribution in [3.63, 3.8) is 0 Å². The summed E-state index contributed by atoms with van der Waals surface area (Å²) in [5.41, 5.74) is 0.890. The van der Waals surface area contributed by atoms with Gasteiger partial charge in [0, 0.05) is 11.4 Å². The first-order valence-corrected chi connectivity index (χ1v) is 8.75. The largest absolute Gasteiger partial charge is 0.478 e. The second kappa shape index (κ2) is 5.71. The fourth-order valence-corrected chi connectivity index (χ4v) is 4.74. The minimum absolute atomic E-state index is 0.109. The number of hydrogen-bond acceptors (Lipinski definition) is 4. The molecule has 20 heavy (non-hydrogen) atoms. The average molecular weight is 318 g/mol. The number of rotatable bonds is 6. The summed E-state index contributed by atoms with van der Waals surface area (Å²) in [5.74, 6) is -0.898. The number of nitrogens with one attached hydrogen (secondary N) is 2. The molecular weight excluding hydrogens is 300 g/mol. The molecule has 6 nitrogen and oxygen atoms in total. The summed E-state index contributed by atoms with van der Waals surface area (Å²) >= 11 is 1.23. The van der Waals surface area contributed by atoms with Crippen LogP contribution in [0.25, 0.3) is 0 Å². The topological polar surface area (TPSA) is 95.5 Å². The Balaban J connectivity index is 2.24. The fourth-order valence-electron chi connectivity index (χ4n) is 2.14. The van der Waals surface area contributed by atoms with Crippen LogP contribution in [-0.4, -0.2) is 26.0 Å². The van der Waals surface area contributed by atoms with Gasteiger partial charge in [0.2, 0.25) is 0 Å². The highest BCUT2D eigenvalue weighted by molar-refractivity contribution is 7.91. The molecule has 2 rings (SSSR count). The zero-order valence-corrected chi connectivity index (χ0v) is 13.0. The molecule has 0 saturated carbocycles. The van der Waals surface area contributed by atoms with Crippen molar-refractivity contribution in [1.29, 1.82) is 0 Å². The summed E-state index contributed by atoms with van der Waals surface area (Å²) in [7, 11) is -3.73. The van der Waals surface area contributed by atoms with E-state index in [4.69, 9.17) is 0 Å². The molecule has 0 amide bonds. The molecule has 3 N–H and O–H groups in total. The minimum atomic E-state index is -3.73. The first-order valence-electron chi connectivity index (χ1n) is 6.45. The summed E-state index contributed by atoms with van der Waals surface area (Å²) in [4.78, 5) is 12.3. The molecule has 0 spiro atoms. The molecule has 1 aromatic heterocycles. The molecule has 0 aromatic carbocycles. The number of fused-ring (bicyclic) bond motifs is 1. The van der Waals surface area contributed by atoms with Crippen molar-refractivity contribution >= 4 is 32.5 Å². The van der Waals surface area contributed by atoms with E-state index in [1.165, 1.54) is 11.3 Å². The van der Waals surface area contributed by atoms with Gasteiger partial charge in [0.05, 0.1) is 5.56 Å². The summed E-state index contributed by atoms with van der Waals surface area (Å²) in [6.07, 6.45) is 2.45. The van der Waals surface area contributed by atoms with E-state index in [1.807, 2.05) is 13.8 Å². The van der Waals surface area contributed by atoms with E-state index in [1.54, 1.807) is 0 Å². The highest BCUT2D eigenvalue weighted by atomic mass is 32.2. The lowest BCUT2D eigenvalue weighted by Crippen LogP contribution is -2.33. The molecule has 1 aliphatic carbocycles. The van der Waals surface area contributed by atoms with Gasteiger partial charge in [-0.1, -0.05) is 13.8 Å². The predicted octanol–water partition coefficient (Wildman–Crippen LogP) is 1.84. The van der Waals surface area contributed by atoms with E-state index in [2.05, 4.69) is 9.44 Å². The van der Waals surface area contributed by atoms with Crippen LogP contribution in [0.3, 0.4) is 0 Å². The molecule has 1 aromatic rings. The summed E-state index contributed by atoms with van der Waals surface area (Å²) in [5, 5.41) is 9.49. The van der Waals surface area contributed by atoms with Gasteiger partial charge in [0.15, 0.2) is 0 Å². The van der Waals surface area contributed by atoms with E-state index in [0.717, 1.165) is 23.3 Å². The lowest BCUT2D eigenvalue weighted by atomic mass is 10.1. The van der Waals surface area contributed by atoms with Crippen LogP contribution in [-0.2, 0) is 23.1 Å². The Kier molecular flexibility index (Phi) is 4.36. The standard InChI is InChI=1S/C12H18N2O4S2/c1-7(2)6-13-20(17,18)14-11-10(12(15)16)8-4-3-5-9(8)19-11/h7,13-14H,3-6H2,1-2H3,(H,15,16). The minimum Gasteiger partial charge on any atom is -0.478 e. The summed E-state index contributed by atoms with van der Waals surface area (Å²) < 4.78 is 28.6. The number of thiophene rings is 1. The van der Waals surface area contributed by atoms with Crippen LogP contribution in [0, 0.1) is 5.92 Å². The zero-order chi connectivity index (χ0) is 14.9. The maximum absolute atomic E-state index is 11.9. The first kappa shape index (κ1) is 15.3. The molecule has 0 radical (unpaired) electrons. The van der Waals surface area contributed by atoms with Crippen molar-refractivity contribution in [2.45, 2.75) is 33.1 Å². The summed E-state index contributed by atoms with van der Waals surface area (Å²) in [6.45, 7) is 4.10. The molecule has 0 atom stereocenters. The molecular formula is C12H18N2O4S2. The van der Waals surface area contributed by atoms with Crippen molar-refractivity contribution in [3.8, 4) is 0 Å². The highest BCUT2D eigenvalue weighted by Crippen LogP contribution is 2.39. The van der Waals surface area contributed by atoms with Crippen LogP contribution in [0.15, 0.2) is 0 Å². The van der Waals surface area contributed by atoms with Gasteiger partial charge < -0.3 is 5.11 Å². The summed E-state index contributed by atoms with van der Waals surface area (Å²) in [6, 6.07) is 0. The second-order valence-corrected chi connectivity index (χ2v) is 7.82. The fraction of sp³-hybridized carbons (Fsp3) is 0.583. The molecule has 0 saturated heterocycles. The van der Waals surface area contributed by atoms with E-state index >= 15 is 0 Å². The van der Waals surface area contributed by atoms with Gasteiger partial charge in [-0.25, -0.2) is 4.79 Å². The van der Waals surface area contributed by atoms with Gasteiger partial charge >= 0.3 is 5.97 Å². The molecule has 0 unspecified atom stereocenters. The van der Waals surface area contributed by atoms with Crippen molar-refractivity contribution in [2.75, 3.05) is 11.3 Å². The van der Waals surface area contributed by atoms with Crippen LogP contribution in [0.1, 0.15) is 41.1 Å². The Morgan fingerprint density at radius 3 is 2.70 bits per heavy atom. The first-order chi connectivity index (χ1) is 9.30. The van der Waals surface area contributed by atoms with Crippen molar-refractivity contribution in [2.24, 2.45) is 5.92 Å². The van der Waals surface area contributed by atoms with Gasteiger partial charge in [0.25, 0.3) is 10.2 Å². The normalized spacial score (nSPS) is 14.6. The predicted molar refractivity (Wildman–Crippen MR) is 78.7 cm³/mol. The monoisotopic (exact) mass is 318 g/mol.